The molecule has 0 aliphatic heterocycles. The zero-order chi connectivity index (χ0) is 24.5. The molecule has 0 saturated carbocycles. The lowest BCUT2D eigenvalue weighted by Gasteiger charge is -2.23. The van der Waals surface area contributed by atoms with Crippen LogP contribution in [-0.4, -0.2) is 69.3 Å². The molecule has 0 radical (unpaired) electrons. The Kier molecular flexibility index (Phi) is 33.0. The summed E-state index contributed by atoms with van der Waals surface area (Å²) in [6.45, 7) is 23.9. The SMILES string of the molecule is CC.CC.CC(C)C=O.CNCCN(CCNC(=O)C(C)C)CCNC(=O)C(C)C. The number of nitrogens with one attached hydrogen (secondary N) is 3. The van der Waals surface area contributed by atoms with Gasteiger partial charge >= 0.3 is 0 Å². The second-order valence-electron chi connectivity index (χ2n) is 7.22. The molecule has 0 heterocycles. The van der Waals surface area contributed by atoms with Crippen molar-refractivity contribution in [2.75, 3.05) is 46.3 Å². The van der Waals surface area contributed by atoms with Crippen LogP contribution < -0.4 is 16.0 Å². The highest BCUT2D eigenvalue weighted by molar-refractivity contribution is 5.78. The van der Waals surface area contributed by atoms with E-state index >= 15 is 0 Å². The van der Waals surface area contributed by atoms with Gasteiger partial charge in [-0.2, -0.15) is 0 Å². The van der Waals surface area contributed by atoms with E-state index in [2.05, 4.69) is 20.9 Å². The maximum Gasteiger partial charge on any atom is 0.222 e. The third kappa shape index (κ3) is 28.7. The predicted octanol–water partition coefficient (Wildman–Crippen LogP) is 2.95. The van der Waals surface area contributed by atoms with Crippen molar-refractivity contribution in [3.8, 4) is 0 Å². The van der Waals surface area contributed by atoms with Gasteiger partial charge in [-0.3, -0.25) is 14.5 Å². The first-order valence-electron chi connectivity index (χ1n) is 11.5. The molecular weight excluding hydrogens is 380 g/mol. The molecule has 0 unspecified atom stereocenters. The first-order chi connectivity index (χ1) is 14.1. The van der Waals surface area contributed by atoms with Crippen molar-refractivity contribution in [3.63, 3.8) is 0 Å². The normalized spacial score (nSPS) is 9.70. The predicted molar refractivity (Wildman–Crippen MR) is 130 cm³/mol. The third-order valence-corrected chi connectivity index (χ3v) is 3.45. The number of nitrogens with zero attached hydrogens (tertiary/aromatic N) is 1. The van der Waals surface area contributed by atoms with E-state index in [0.717, 1.165) is 32.5 Å². The molecule has 0 fully saturated rings. The number of hydrogen-bond donors (Lipinski definition) is 3. The number of aldehydes is 1. The number of carbonyl (C=O) groups is 3. The number of amides is 2. The van der Waals surface area contributed by atoms with E-state index in [4.69, 9.17) is 0 Å². The number of hydrogen-bond acceptors (Lipinski definition) is 5. The van der Waals surface area contributed by atoms with Crippen molar-refractivity contribution < 1.29 is 14.4 Å². The summed E-state index contributed by atoms with van der Waals surface area (Å²) < 4.78 is 0. The molecule has 0 aromatic heterocycles. The summed E-state index contributed by atoms with van der Waals surface area (Å²) in [5.41, 5.74) is 0. The van der Waals surface area contributed by atoms with Gasteiger partial charge < -0.3 is 20.7 Å². The number of rotatable bonds is 12. The van der Waals surface area contributed by atoms with Gasteiger partial charge in [-0.15, -0.1) is 0 Å². The molecule has 7 heteroatoms. The van der Waals surface area contributed by atoms with Gasteiger partial charge in [0.1, 0.15) is 6.29 Å². The van der Waals surface area contributed by atoms with Gasteiger partial charge in [0.2, 0.25) is 11.8 Å². The van der Waals surface area contributed by atoms with Crippen LogP contribution in [0.1, 0.15) is 69.2 Å². The van der Waals surface area contributed by atoms with Crippen LogP contribution in [0.3, 0.4) is 0 Å². The molecule has 0 aromatic rings. The summed E-state index contributed by atoms with van der Waals surface area (Å²) in [6, 6.07) is 0. The highest BCUT2D eigenvalue weighted by Crippen LogP contribution is 1.92. The van der Waals surface area contributed by atoms with Gasteiger partial charge in [-0.05, 0) is 7.05 Å². The van der Waals surface area contributed by atoms with Gasteiger partial charge in [-0.25, -0.2) is 0 Å². The summed E-state index contributed by atoms with van der Waals surface area (Å²) in [7, 11) is 1.92. The zero-order valence-corrected chi connectivity index (χ0v) is 21.7. The van der Waals surface area contributed by atoms with Crippen molar-refractivity contribution in [2.45, 2.75) is 69.2 Å². The highest BCUT2D eigenvalue weighted by atomic mass is 16.2. The van der Waals surface area contributed by atoms with Crippen molar-refractivity contribution in [1.29, 1.82) is 0 Å². The van der Waals surface area contributed by atoms with Gasteiger partial charge in [0, 0.05) is 57.0 Å². The minimum absolute atomic E-state index is 0.0149. The van der Waals surface area contributed by atoms with Crippen molar-refractivity contribution in [2.24, 2.45) is 17.8 Å². The lowest BCUT2D eigenvalue weighted by atomic mass is 10.2. The van der Waals surface area contributed by atoms with Crippen LogP contribution in [0.4, 0.5) is 0 Å². The van der Waals surface area contributed by atoms with E-state index in [1.54, 1.807) is 0 Å². The summed E-state index contributed by atoms with van der Waals surface area (Å²) in [4.78, 5) is 34.8. The van der Waals surface area contributed by atoms with Crippen molar-refractivity contribution >= 4 is 18.1 Å². The average molecular weight is 433 g/mol. The van der Waals surface area contributed by atoms with E-state index < -0.39 is 0 Å². The van der Waals surface area contributed by atoms with Crippen LogP contribution in [-0.2, 0) is 14.4 Å². The molecule has 0 saturated heterocycles. The molecule has 182 valence electrons. The van der Waals surface area contributed by atoms with Gasteiger partial charge in [0.15, 0.2) is 0 Å². The summed E-state index contributed by atoms with van der Waals surface area (Å²) in [5, 5.41) is 8.95. The standard InChI is InChI=1S/C15H32N4O2.C4H8O.2C2H6/c1-12(2)14(20)17-7-10-19(9-6-16-5)11-8-18-15(21)13(3)4;1-4(2)3-5;2*1-2/h12-13,16H,6-11H2,1-5H3,(H,17,20)(H,18,21);3-4H,1-2H3;2*1-2H3. The second-order valence-corrected chi connectivity index (χ2v) is 7.22. The Morgan fingerprint density at radius 1 is 0.733 bits per heavy atom. The first kappa shape index (κ1) is 35.9. The Morgan fingerprint density at radius 3 is 1.27 bits per heavy atom. The lowest BCUT2D eigenvalue weighted by Crippen LogP contribution is -2.43. The Hall–Kier alpha value is -1.47. The van der Waals surface area contributed by atoms with Gasteiger partial charge in [-0.1, -0.05) is 69.2 Å². The highest BCUT2D eigenvalue weighted by Gasteiger charge is 2.10. The smallest absolute Gasteiger partial charge is 0.222 e. The average Bonchev–Trinajstić information content (AvgIpc) is 2.74. The molecule has 0 aliphatic carbocycles. The molecular formula is C23H52N4O3. The van der Waals surface area contributed by atoms with E-state index in [0.29, 0.717) is 13.1 Å². The molecule has 3 N–H and O–H groups in total. The molecule has 0 rings (SSSR count). The fourth-order valence-electron chi connectivity index (χ4n) is 1.69. The van der Waals surface area contributed by atoms with Crippen LogP contribution in [0.5, 0.6) is 0 Å². The summed E-state index contributed by atoms with van der Waals surface area (Å²) in [5.74, 6) is 0.394. The van der Waals surface area contributed by atoms with E-state index in [1.807, 2.05) is 76.3 Å². The van der Waals surface area contributed by atoms with Crippen LogP contribution in [0, 0.1) is 17.8 Å². The Balaban J connectivity index is -0.000000319. The van der Waals surface area contributed by atoms with Crippen molar-refractivity contribution in [3.05, 3.63) is 0 Å². The number of carbonyl (C=O) groups excluding carboxylic acids is 3. The Morgan fingerprint density at radius 2 is 1.03 bits per heavy atom. The molecule has 0 bridgehead atoms. The van der Waals surface area contributed by atoms with E-state index in [9.17, 15) is 14.4 Å². The molecule has 0 aliphatic rings. The van der Waals surface area contributed by atoms with E-state index in [1.165, 1.54) is 0 Å². The zero-order valence-electron chi connectivity index (χ0n) is 21.7. The maximum atomic E-state index is 11.5. The topological polar surface area (TPSA) is 90.5 Å². The Bertz CT molecular complexity index is 361. The lowest BCUT2D eigenvalue weighted by molar-refractivity contribution is -0.124. The van der Waals surface area contributed by atoms with Crippen LogP contribution in [0.15, 0.2) is 0 Å². The van der Waals surface area contributed by atoms with Crippen molar-refractivity contribution in [1.82, 2.24) is 20.9 Å². The molecule has 30 heavy (non-hydrogen) atoms. The van der Waals surface area contributed by atoms with Crippen LogP contribution in [0.25, 0.3) is 0 Å². The fourth-order valence-corrected chi connectivity index (χ4v) is 1.69. The third-order valence-electron chi connectivity index (χ3n) is 3.45. The summed E-state index contributed by atoms with van der Waals surface area (Å²) >= 11 is 0. The molecule has 0 spiro atoms. The minimum Gasteiger partial charge on any atom is -0.355 e. The largest absolute Gasteiger partial charge is 0.355 e. The van der Waals surface area contributed by atoms with Gasteiger partial charge in [0.25, 0.3) is 0 Å². The molecule has 0 atom stereocenters. The Labute approximate surface area is 187 Å². The molecule has 2 amide bonds. The first-order valence-corrected chi connectivity index (χ1v) is 11.5. The molecule has 0 aromatic carbocycles. The van der Waals surface area contributed by atoms with Crippen LogP contribution in [0.2, 0.25) is 0 Å². The van der Waals surface area contributed by atoms with E-state index in [-0.39, 0.29) is 29.6 Å². The molecule has 7 nitrogen and oxygen atoms in total. The summed E-state index contributed by atoms with van der Waals surface area (Å²) in [6.07, 6.45) is 0.917. The quantitative estimate of drug-likeness (QED) is 0.413. The van der Waals surface area contributed by atoms with Crippen LogP contribution >= 0.6 is 0 Å². The maximum absolute atomic E-state index is 11.5. The monoisotopic (exact) mass is 432 g/mol. The van der Waals surface area contributed by atoms with Gasteiger partial charge in [0.05, 0.1) is 0 Å². The number of likely N-dealkylation sites (N-methyl/N-ethyl adjacent to an activating group) is 1. The minimum atomic E-state index is 0.0149. The second kappa shape index (κ2) is 27.5. The fraction of sp³-hybridized carbons (Fsp3) is 0.870.